The van der Waals surface area contributed by atoms with Gasteiger partial charge in [-0.1, -0.05) is 0 Å². The smallest absolute Gasteiger partial charge is 0.338 e. The van der Waals surface area contributed by atoms with E-state index in [9.17, 15) is 14.7 Å². The lowest BCUT2D eigenvalue weighted by Gasteiger charge is -2.09. The molecule has 7 N–H and O–H groups in total. The fraction of sp³-hybridized carbons (Fsp3) is 0. The Morgan fingerprint density at radius 2 is 1.60 bits per heavy atom. The van der Waals surface area contributed by atoms with Gasteiger partial charge < -0.3 is 26.8 Å². The van der Waals surface area contributed by atoms with Crippen molar-refractivity contribution in [3.63, 3.8) is 0 Å². The first-order valence-corrected chi connectivity index (χ1v) is 3.73. The first-order valence-electron chi connectivity index (χ1n) is 3.73. The van der Waals surface area contributed by atoms with Crippen LogP contribution in [0.5, 0.6) is 5.75 Å². The molecule has 7 heteroatoms. The minimum absolute atomic E-state index is 0.350. The maximum Gasteiger partial charge on any atom is 0.338 e. The molecule has 0 unspecified atom stereocenters. The monoisotopic (exact) mass is 212 g/mol. The Morgan fingerprint density at radius 3 is 2.00 bits per heavy atom. The van der Waals surface area contributed by atoms with E-state index in [1.54, 1.807) is 0 Å². The van der Waals surface area contributed by atoms with E-state index in [-0.39, 0.29) is 5.69 Å². The van der Waals surface area contributed by atoms with Crippen LogP contribution in [0.1, 0.15) is 20.7 Å². The van der Waals surface area contributed by atoms with Crippen LogP contribution in [0.25, 0.3) is 0 Å². The highest BCUT2D eigenvalue weighted by Gasteiger charge is 2.23. The molecule has 80 valence electrons. The Bertz CT molecular complexity index is 455. The van der Waals surface area contributed by atoms with Crippen molar-refractivity contribution >= 4 is 23.3 Å². The molecule has 0 aliphatic rings. The molecule has 1 rings (SSSR count). The molecule has 0 aliphatic carbocycles. The van der Waals surface area contributed by atoms with Gasteiger partial charge in [0.25, 0.3) is 0 Å². The number of anilines is 2. The highest BCUT2D eigenvalue weighted by molar-refractivity contribution is 6.08. The van der Waals surface area contributed by atoms with Gasteiger partial charge in [-0.05, 0) is 6.07 Å². The molecule has 15 heavy (non-hydrogen) atoms. The highest BCUT2D eigenvalue weighted by atomic mass is 16.4. The van der Waals surface area contributed by atoms with Gasteiger partial charge in [0, 0.05) is 0 Å². The van der Waals surface area contributed by atoms with E-state index in [1.807, 2.05) is 0 Å². The van der Waals surface area contributed by atoms with Gasteiger partial charge in [-0.3, -0.25) is 0 Å². The zero-order valence-electron chi connectivity index (χ0n) is 7.39. The summed E-state index contributed by atoms with van der Waals surface area (Å²) >= 11 is 0. The zero-order valence-corrected chi connectivity index (χ0v) is 7.39. The van der Waals surface area contributed by atoms with Crippen LogP contribution in [0.4, 0.5) is 11.4 Å². The summed E-state index contributed by atoms with van der Waals surface area (Å²) in [5.41, 5.74) is 8.51. The summed E-state index contributed by atoms with van der Waals surface area (Å²) in [5.74, 6) is -3.58. The maximum atomic E-state index is 10.7. The van der Waals surface area contributed by atoms with E-state index < -0.39 is 34.5 Å². The first-order chi connectivity index (χ1) is 6.86. The zero-order chi connectivity index (χ0) is 11.7. The summed E-state index contributed by atoms with van der Waals surface area (Å²) in [6, 6.07) is 0.747. The van der Waals surface area contributed by atoms with Crippen molar-refractivity contribution in [2.45, 2.75) is 0 Å². The van der Waals surface area contributed by atoms with Gasteiger partial charge in [0.1, 0.15) is 5.75 Å². The number of aromatic hydroxyl groups is 1. The molecule has 1 aromatic carbocycles. The third kappa shape index (κ3) is 1.62. The lowest BCUT2D eigenvalue weighted by atomic mass is 10.0. The van der Waals surface area contributed by atoms with E-state index in [0.717, 1.165) is 6.07 Å². The number of nitrogen functional groups attached to an aromatic ring is 2. The van der Waals surface area contributed by atoms with Gasteiger partial charge in [-0.15, -0.1) is 0 Å². The van der Waals surface area contributed by atoms with E-state index in [1.165, 1.54) is 0 Å². The van der Waals surface area contributed by atoms with Gasteiger partial charge >= 0.3 is 11.9 Å². The summed E-state index contributed by atoms with van der Waals surface area (Å²) in [6.45, 7) is 0. The van der Waals surface area contributed by atoms with Crippen LogP contribution in [-0.4, -0.2) is 27.3 Å². The minimum atomic E-state index is -1.52. The second kappa shape index (κ2) is 3.37. The predicted octanol–water partition coefficient (Wildman–Crippen LogP) is -0.0470. The van der Waals surface area contributed by atoms with E-state index in [0.29, 0.717) is 0 Å². The minimum Gasteiger partial charge on any atom is -0.506 e. The summed E-state index contributed by atoms with van der Waals surface area (Å²) in [5, 5.41) is 26.6. The summed E-state index contributed by atoms with van der Waals surface area (Å²) in [4.78, 5) is 21.4. The Hall–Kier alpha value is -2.44. The van der Waals surface area contributed by atoms with E-state index >= 15 is 0 Å². The normalized spacial score (nSPS) is 9.87. The quantitative estimate of drug-likeness (QED) is 0.341. The molecule has 0 bridgehead atoms. The third-order valence-corrected chi connectivity index (χ3v) is 1.83. The average molecular weight is 212 g/mol. The maximum absolute atomic E-state index is 10.7. The molecule has 0 aromatic heterocycles. The second-order valence-electron chi connectivity index (χ2n) is 2.76. The summed E-state index contributed by atoms with van der Waals surface area (Å²) in [6.07, 6.45) is 0. The number of carbonyl (C=O) groups is 2. The van der Waals surface area contributed by atoms with Crippen LogP contribution in [-0.2, 0) is 0 Å². The number of phenols is 1. The van der Waals surface area contributed by atoms with Crippen molar-refractivity contribution in [3.05, 3.63) is 17.2 Å². The number of carboxylic acids is 2. The SMILES string of the molecule is Nc1c(O)cc(C(=O)O)c(C(=O)O)c1N. The van der Waals surface area contributed by atoms with Crippen LogP contribution in [0.15, 0.2) is 6.07 Å². The number of benzene rings is 1. The highest BCUT2D eigenvalue weighted by Crippen LogP contribution is 2.32. The Labute approximate surface area is 83.5 Å². The largest absolute Gasteiger partial charge is 0.506 e. The Morgan fingerprint density at radius 1 is 1.07 bits per heavy atom. The lowest BCUT2D eigenvalue weighted by Crippen LogP contribution is -2.13. The van der Waals surface area contributed by atoms with Crippen LogP contribution in [0.3, 0.4) is 0 Å². The van der Waals surface area contributed by atoms with Crippen molar-refractivity contribution in [2.24, 2.45) is 0 Å². The van der Waals surface area contributed by atoms with Gasteiger partial charge in [-0.2, -0.15) is 0 Å². The number of aromatic carboxylic acids is 2. The number of rotatable bonds is 2. The van der Waals surface area contributed by atoms with Gasteiger partial charge in [0.05, 0.1) is 22.5 Å². The number of phenolic OH excluding ortho intramolecular Hbond substituents is 1. The van der Waals surface area contributed by atoms with Gasteiger partial charge in [0.15, 0.2) is 0 Å². The third-order valence-electron chi connectivity index (χ3n) is 1.83. The molecule has 0 saturated heterocycles. The lowest BCUT2D eigenvalue weighted by molar-refractivity contribution is 0.0652. The molecular weight excluding hydrogens is 204 g/mol. The molecule has 0 saturated carbocycles. The number of nitrogens with two attached hydrogens (primary N) is 2. The second-order valence-corrected chi connectivity index (χ2v) is 2.76. The van der Waals surface area contributed by atoms with Crippen LogP contribution in [0, 0.1) is 0 Å². The van der Waals surface area contributed by atoms with Crippen LogP contribution >= 0.6 is 0 Å². The molecule has 0 radical (unpaired) electrons. The predicted molar refractivity (Wildman–Crippen MR) is 50.9 cm³/mol. The van der Waals surface area contributed by atoms with Crippen LogP contribution < -0.4 is 11.5 Å². The fourth-order valence-electron chi connectivity index (χ4n) is 1.10. The standard InChI is InChI=1S/C8H8N2O5/c9-5-3(11)1-2(7(12)13)4(6(5)10)8(14)15/h1,11H,9-10H2,(H,12,13)(H,14,15). The van der Waals surface area contributed by atoms with Crippen molar-refractivity contribution in [1.29, 1.82) is 0 Å². The molecule has 0 fully saturated rings. The van der Waals surface area contributed by atoms with Gasteiger partial charge in [-0.25, -0.2) is 9.59 Å². The van der Waals surface area contributed by atoms with E-state index in [4.69, 9.17) is 21.7 Å². The number of hydrogen-bond acceptors (Lipinski definition) is 5. The number of hydrogen-bond donors (Lipinski definition) is 5. The Balaban J connectivity index is 3.65. The topological polar surface area (TPSA) is 147 Å². The summed E-state index contributed by atoms with van der Waals surface area (Å²) in [7, 11) is 0. The molecule has 0 spiro atoms. The first kappa shape index (κ1) is 10.6. The molecule has 0 atom stereocenters. The molecular formula is C8H8N2O5. The number of carboxylic acid groups (broad SMARTS) is 2. The van der Waals surface area contributed by atoms with Gasteiger partial charge in [0.2, 0.25) is 0 Å². The molecule has 7 nitrogen and oxygen atoms in total. The average Bonchev–Trinajstić information content (AvgIpc) is 2.12. The van der Waals surface area contributed by atoms with Crippen molar-refractivity contribution in [3.8, 4) is 5.75 Å². The molecule has 1 aromatic rings. The molecule has 0 amide bonds. The van der Waals surface area contributed by atoms with Crippen molar-refractivity contribution in [2.75, 3.05) is 11.5 Å². The fourth-order valence-corrected chi connectivity index (χ4v) is 1.10. The summed E-state index contributed by atoms with van der Waals surface area (Å²) < 4.78 is 0. The van der Waals surface area contributed by atoms with Crippen molar-refractivity contribution in [1.82, 2.24) is 0 Å². The molecule has 0 heterocycles. The van der Waals surface area contributed by atoms with Crippen LogP contribution in [0.2, 0.25) is 0 Å². The van der Waals surface area contributed by atoms with E-state index in [2.05, 4.69) is 0 Å². The van der Waals surface area contributed by atoms with Crippen molar-refractivity contribution < 1.29 is 24.9 Å². The molecule has 0 aliphatic heterocycles. The Kier molecular flexibility index (Phi) is 2.39.